The third kappa shape index (κ3) is 6.24. The van der Waals surface area contributed by atoms with Crippen molar-refractivity contribution in [3.8, 4) is 11.5 Å². The monoisotopic (exact) mass is 485 g/mol. The average molecular weight is 486 g/mol. The number of para-hydroxylation sites is 1. The molecule has 3 rings (SSSR count). The number of carbonyl (C=O) groups excluding carboxylic acids is 2. The van der Waals surface area contributed by atoms with Crippen LogP contribution in [0.2, 0.25) is 0 Å². The first kappa shape index (κ1) is 25.0. The fourth-order valence-corrected chi connectivity index (χ4v) is 4.67. The first-order valence-electron chi connectivity index (χ1n) is 10.8. The Balaban J connectivity index is 1.78. The van der Waals surface area contributed by atoms with Gasteiger partial charge >= 0.3 is 0 Å². The lowest BCUT2D eigenvalue weighted by atomic mass is 10.2. The van der Waals surface area contributed by atoms with E-state index in [0.717, 1.165) is 0 Å². The van der Waals surface area contributed by atoms with Gasteiger partial charge in [0.05, 0.1) is 16.8 Å². The maximum atomic E-state index is 13.0. The normalized spacial score (nSPS) is 11.3. The Bertz CT molecular complexity index is 1210. The quantitative estimate of drug-likeness (QED) is 0.426. The molecule has 3 aromatic rings. The fourth-order valence-electron chi connectivity index (χ4n) is 3.18. The molecule has 0 radical (unpaired) electrons. The number of nitrogens with zero attached hydrogens (tertiary/aromatic N) is 1. The number of sulfonamides is 1. The zero-order chi connectivity index (χ0) is 24.6. The number of hydrogen-bond acceptors (Lipinski definition) is 6. The first-order valence-corrected chi connectivity index (χ1v) is 12.3. The number of nitrogens with one attached hydrogen (secondary N) is 2. The van der Waals surface area contributed by atoms with Crippen molar-refractivity contribution in [2.75, 3.05) is 25.0 Å². The molecule has 0 aliphatic heterocycles. The van der Waals surface area contributed by atoms with E-state index in [0.29, 0.717) is 18.8 Å². The summed E-state index contributed by atoms with van der Waals surface area (Å²) in [5, 5.41) is 5.30. The fraction of sp³-hybridized carbons (Fsp3) is 0.250. The second-order valence-electron chi connectivity index (χ2n) is 7.19. The Kier molecular flexibility index (Phi) is 8.44. The Morgan fingerprint density at radius 1 is 1.00 bits per heavy atom. The van der Waals surface area contributed by atoms with Crippen molar-refractivity contribution in [1.29, 1.82) is 0 Å². The van der Waals surface area contributed by atoms with Crippen molar-refractivity contribution in [3.63, 3.8) is 0 Å². The van der Waals surface area contributed by atoms with E-state index in [9.17, 15) is 18.0 Å². The number of hydrogen-bond donors (Lipinski definition) is 2. The molecule has 9 nitrogen and oxygen atoms in total. The molecule has 0 bridgehead atoms. The van der Waals surface area contributed by atoms with Crippen LogP contribution in [0.25, 0.3) is 0 Å². The Labute approximate surface area is 198 Å². The number of benzene rings is 2. The molecule has 34 heavy (non-hydrogen) atoms. The predicted octanol–water partition coefficient (Wildman–Crippen LogP) is 3.86. The van der Waals surface area contributed by atoms with Gasteiger partial charge in [0.1, 0.15) is 5.75 Å². The summed E-state index contributed by atoms with van der Waals surface area (Å²) < 4.78 is 38.2. The highest BCUT2D eigenvalue weighted by Gasteiger charge is 2.23. The first-order chi connectivity index (χ1) is 16.3. The second-order valence-corrected chi connectivity index (χ2v) is 9.13. The summed E-state index contributed by atoms with van der Waals surface area (Å²) in [6, 6.07) is 16.4. The summed E-state index contributed by atoms with van der Waals surface area (Å²) >= 11 is 0. The topological polar surface area (TPSA) is 118 Å². The van der Waals surface area contributed by atoms with Crippen LogP contribution < -0.4 is 15.4 Å². The number of rotatable bonds is 11. The smallest absolute Gasteiger partial charge is 0.286 e. The number of anilines is 1. The zero-order valence-corrected chi connectivity index (χ0v) is 19.8. The van der Waals surface area contributed by atoms with Crippen LogP contribution in [0.5, 0.6) is 11.5 Å². The van der Waals surface area contributed by atoms with Gasteiger partial charge < -0.3 is 19.8 Å². The van der Waals surface area contributed by atoms with Crippen molar-refractivity contribution in [1.82, 2.24) is 9.62 Å². The number of furan rings is 1. The molecule has 1 heterocycles. The van der Waals surface area contributed by atoms with Crippen LogP contribution in [0.4, 0.5) is 5.69 Å². The molecule has 180 valence electrons. The van der Waals surface area contributed by atoms with Crippen LogP contribution in [0.3, 0.4) is 0 Å². The molecule has 2 N–H and O–H groups in total. The van der Waals surface area contributed by atoms with Gasteiger partial charge in [-0.1, -0.05) is 32.0 Å². The van der Waals surface area contributed by atoms with E-state index in [-0.39, 0.29) is 35.1 Å². The van der Waals surface area contributed by atoms with Gasteiger partial charge in [-0.15, -0.1) is 0 Å². The van der Waals surface area contributed by atoms with Crippen LogP contribution >= 0.6 is 0 Å². The van der Waals surface area contributed by atoms with E-state index in [1.807, 2.05) is 6.07 Å². The molecular weight excluding hydrogens is 458 g/mol. The van der Waals surface area contributed by atoms with Gasteiger partial charge in [0, 0.05) is 26.1 Å². The maximum Gasteiger partial charge on any atom is 0.286 e. The highest BCUT2D eigenvalue weighted by molar-refractivity contribution is 7.89. The summed E-state index contributed by atoms with van der Waals surface area (Å²) in [6.45, 7) is 4.22. The number of ether oxygens (including phenoxy) is 1. The molecule has 0 aliphatic carbocycles. The van der Waals surface area contributed by atoms with E-state index < -0.39 is 21.8 Å². The van der Waals surface area contributed by atoms with E-state index in [4.69, 9.17) is 9.15 Å². The lowest BCUT2D eigenvalue weighted by Gasteiger charge is -2.20. The molecule has 0 aliphatic rings. The molecule has 2 amide bonds. The van der Waals surface area contributed by atoms with Crippen LogP contribution in [0, 0.1) is 0 Å². The van der Waals surface area contributed by atoms with Crippen molar-refractivity contribution in [2.45, 2.75) is 25.2 Å². The molecule has 0 saturated heterocycles. The van der Waals surface area contributed by atoms with Crippen molar-refractivity contribution in [3.05, 3.63) is 72.7 Å². The van der Waals surface area contributed by atoms with Gasteiger partial charge in [0.15, 0.2) is 11.5 Å². The van der Waals surface area contributed by atoms with Gasteiger partial charge in [-0.2, -0.15) is 4.31 Å². The van der Waals surface area contributed by atoms with Gasteiger partial charge in [-0.05, 0) is 42.5 Å². The lowest BCUT2D eigenvalue weighted by molar-refractivity contribution is -0.116. The molecule has 1 aromatic heterocycles. The molecule has 0 spiro atoms. The van der Waals surface area contributed by atoms with Crippen molar-refractivity contribution < 1.29 is 27.2 Å². The SMILES string of the molecule is CCN(CC)S(=O)(=O)c1ccc(Oc2ccccc2)c(NC(=O)CCNC(=O)c2ccco2)c1. The number of amides is 2. The van der Waals surface area contributed by atoms with Crippen molar-refractivity contribution >= 4 is 27.5 Å². The third-order valence-corrected chi connectivity index (χ3v) is 6.97. The minimum Gasteiger partial charge on any atom is -0.459 e. The molecule has 2 aromatic carbocycles. The Morgan fingerprint density at radius 3 is 2.38 bits per heavy atom. The zero-order valence-electron chi connectivity index (χ0n) is 19.0. The van der Waals surface area contributed by atoms with Gasteiger partial charge in [-0.25, -0.2) is 8.42 Å². The Hall–Kier alpha value is -3.63. The largest absolute Gasteiger partial charge is 0.459 e. The van der Waals surface area contributed by atoms with Crippen LogP contribution in [0.15, 0.2) is 76.2 Å². The van der Waals surface area contributed by atoms with Crippen LogP contribution in [0.1, 0.15) is 30.8 Å². The maximum absolute atomic E-state index is 13.0. The van der Waals surface area contributed by atoms with Crippen LogP contribution in [-0.4, -0.2) is 44.2 Å². The molecule has 0 atom stereocenters. The van der Waals surface area contributed by atoms with E-state index in [2.05, 4.69) is 10.6 Å². The lowest BCUT2D eigenvalue weighted by Crippen LogP contribution is -2.30. The summed E-state index contributed by atoms with van der Waals surface area (Å²) in [7, 11) is -3.74. The van der Waals surface area contributed by atoms with E-state index >= 15 is 0 Å². The summed E-state index contributed by atoms with van der Waals surface area (Å²) in [5.41, 5.74) is 0.208. The molecule has 0 fully saturated rings. The minimum absolute atomic E-state index is 0.0375. The molecule has 0 unspecified atom stereocenters. The van der Waals surface area contributed by atoms with Gasteiger partial charge in [-0.3, -0.25) is 9.59 Å². The highest BCUT2D eigenvalue weighted by Crippen LogP contribution is 2.32. The third-order valence-electron chi connectivity index (χ3n) is 4.92. The Morgan fingerprint density at radius 2 is 1.74 bits per heavy atom. The van der Waals surface area contributed by atoms with E-state index in [1.165, 1.54) is 34.8 Å². The molecule has 10 heteroatoms. The van der Waals surface area contributed by atoms with Gasteiger partial charge in [0.25, 0.3) is 5.91 Å². The standard InChI is InChI=1S/C24H27N3O6S/c1-3-27(4-2)34(30,31)19-12-13-21(33-18-9-6-5-7-10-18)20(17-19)26-23(28)14-15-25-24(29)22-11-8-16-32-22/h5-13,16-17H,3-4,14-15H2,1-2H3,(H,25,29)(H,26,28). The molecule has 0 saturated carbocycles. The predicted molar refractivity (Wildman–Crippen MR) is 127 cm³/mol. The van der Waals surface area contributed by atoms with Gasteiger partial charge in [0.2, 0.25) is 15.9 Å². The van der Waals surface area contributed by atoms with E-state index in [1.54, 1.807) is 44.2 Å². The summed E-state index contributed by atoms with van der Waals surface area (Å²) in [6.07, 6.45) is 1.35. The molecular formula is C24H27N3O6S. The number of carbonyl (C=O) groups is 2. The minimum atomic E-state index is -3.74. The average Bonchev–Trinajstić information content (AvgIpc) is 3.36. The van der Waals surface area contributed by atoms with Crippen molar-refractivity contribution in [2.24, 2.45) is 0 Å². The summed E-state index contributed by atoms with van der Waals surface area (Å²) in [4.78, 5) is 24.6. The second kappa shape index (κ2) is 11.5. The highest BCUT2D eigenvalue weighted by atomic mass is 32.2. The summed E-state index contributed by atoms with van der Waals surface area (Å²) in [5.74, 6) is 0.113. The van der Waals surface area contributed by atoms with Crippen LogP contribution in [-0.2, 0) is 14.8 Å².